The van der Waals surface area contributed by atoms with Crippen LogP contribution >= 0.6 is 23.4 Å². The SMILES string of the molecule is CCc1ccc(CC2CSCC2Cl)cc1. The van der Waals surface area contributed by atoms with Crippen molar-refractivity contribution in [1.29, 1.82) is 0 Å². The molecular formula is C13H17ClS. The van der Waals surface area contributed by atoms with E-state index in [0.29, 0.717) is 11.3 Å². The lowest BCUT2D eigenvalue weighted by atomic mass is 9.97. The summed E-state index contributed by atoms with van der Waals surface area (Å²) in [4.78, 5) is 0. The summed E-state index contributed by atoms with van der Waals surface area (Å²) in [6, 6.07) is 8.98. The van der Waals surface area contributed by atoms with E-state index in [1.807, 2.05) is 11.8 Å². The number of rotatable bonds is 3. The van der Waals surface area contributed by atoms with Gasteiger partial charge in [0.15, 0.2) is 0 Å². The van der Waals surface area contributed by atoms with Crippen LogP contribution in [0.5, 0.6) is 0 Å². The van der Waals surface area contributed by atoms with Gasteiger partial charge in [-0.2, -0.15) is 11.8 Å². The molecule has 0 nitrogen and oxygen atoms in total. The van der Waals surface area contributed by atoms with Gasteiger partial charge in [-0.15, -0.1) is 11.6 Å². The number of thioether (sulfide) groups is 1. The molecule has 82 valence electrons. The van der Waals surface area contributed by atoms with Gasteiger partial charge in [-0.25, -0.2) is 0 Å². The Balaban J connectivity index is 1.98. The standard InChI is InChI=1S/C13H17ClS/c1-2-10-3-5-11(6-4-10)7-12-8-15-9-13(12)14/h3-6,12-13H,2,7-9H2,1H3. The Morgan fingerprint density at radius 2 is 1.87 bits per heavy atom. The molecule has 1 aromatic carbocycles. The maximum Gasteiger partial charge on any atom is 0.0465 e. The van der Waals surface area contributed by atoms with Gasteiger partial charge < -0.3 is 0 Å². The smallest absolute Gasteiger partial charge is 0.0465 e. The van der Waals surface area contributed by atoms with E-state index in [4.69, 9.17) is 11.6 Å². The Labute approximate surface area is 101 Å². The molecular weight excluding hydrogens is 224 g/mol. The first-order valence-electron chi connectivity index (χ1n) is 5.59. The molecule has 0 bridgehead atoms. The van der Waals surface area contributed by atoms with Crippen LogP contribution in [0.3, 0.4) is 0 Å². The largest absolute Gasteiger partial charge is 0.160 e. The molecule has 1 heterocycles. The van der Waals surface area contributed by atoms with E-state index in [1.54, 1.807) is 0 Å². The number of aryl methyl sites for hydroxylation is 1. The third-order valence-electron chi connectivity index (χ3n) is 3.05. The molecule has 1 aromatic rings. The molecule has 2 heteroatoms. The van der Waals surface area contributed by atoms with Gasteiger partial charge in [0.2, 0.25) is 0 Å². The molecule has 1 aliphatic heterocycles. The van der Waals surface area contributed by atoms with Crippen LogP contribution in [0.25, 0.3) is 0 Å². The summed E-state index contributed by atoms with van der Waals surface area (Å²) in [6.07, 6.45) is 2.27. The minimum Gasteiger partial charge on any atom is -0.160 e. The summed E-state index contributed by atoms with van der Waals surface area (Å²) in [7, 11) is 0. The van der Waals surface area contributed by atoms with Crippen LogP contribution in [0.2, 0.25) is 0 Å². The van der Waals surface area contributed by atoms with E-state index in [1.165, 1.54) is 16.9 Å². The first kappa shape index (κ1) is 11.3. The molecule has 0 saturated carbocycles. The zero-order chi connectivity index (χ0) is 10.7. The topological polar surface area (TPSA) is 0 Å². The van der Waals surface area contributed by atoms with Gasteiger partial charge in [-0.3, -0.25) is 0 Å². The monoisotopic (exact) mass is 240 g/mol. The molecule has 1 fully saturated rings. The van der Waals surface area contributed by atoms with Gasteiger partial charge in [0.05, 0.1) is 0 Å². The second kappa shape index (κ2) is 5.27. The Morgan fingerprint density at radius 3 is 2.40 bits per heavy atom. The predicted octanol–water partition coefficient (Wildman–Crippen LogP) is 3.76. The van der Waals surface area contributed by atoms with E-state index in [0.717, 1.165) is 18.6 Å². The van der Waals surface area contributed by atoms with Crippen molar-refractivity contribution >= 4 is 23.4 Å². The summed E-state index contributed by atoms with van der Waals surface area (Å²) >= 11 is 8.25. The molecule has 2 unspecified atom stereocenters. The van der Waals surface area contributed by atoms with Gasteiger partial charge in [-0.05, 0) is 35.6 Å². The fourth-order valence-corrected chi connectivity index (χ4v) is 3.81. The number of halogens is 1. The summed E-state index contributed by atoms with van der Waals surface area (Å²) in [5.41, 5.74) is 2.85. The molecule has 1 saturated heterocycles. The summed E-state index contributed by atoms with van der Waals surface area (Å²) < 4.78 is 0. The molecule has 0 aliphatic carbocycles. The highest BCUT2D eigenvalue weighted by Crippen LogP contribution is 2.31. The van der Waals surface area contributed by atoms with E-state index in [9.17, 15) is 0 Å². The second-order valence-electron chi connectivity index (χ2n) is 4.19. The Bertz CT molecular complexity index is 307. The average molecular weight is 241 g/mol. The molecule has 2 rings (SSSR count). The fraction of sp³-hybridized carbons (Fsp3) is 0.538. The average Bonchev–Trinajstić information content (AvgIpc) is 2.66. The van der Waals surface area contributed by atoms with Crippen LogP contribution in [0.4, 0.5) is 0 Å². The first-order chi connectivity index (χ1) is 7.29. The zero-order valence-corrected chi connectivity index (χ0v) is 10.7. The Hall–Kier alpha value is -0.140. The van der Waals surface area contributed by atoms with Gasteiger partial charge in [-0.1, -0.05) is 31.2 Å². The quantitative estimate of drug-likeness (QED) is 0.725. The van der Waals surface area contributed by atoms with Crippen molar-refractivity contribution in [2.45, 2.75) is 25.1 Å². The van der Waals surface area contributed by atoms with Crippen LogP contribution in [-0.2, 0) is 12.8 Å². The van der Waals surface area contributed by atoms with Crippen molar-refractivity contribution in [3.05, 3.63) is 35.4 Å². The summed E-state index contributed by atoms with van der Waals surface area (Å²) in [5.74, 6) is 3.02. The number of hydrogen-bond acceptors (Lipinski definition) is 1. The van der Waals surface area contributed by atoms with Gasteiger partial charge in [0.1, 0.15) is 0 Å². The highest BCUT2D eigenvalue weighted by atomic mass is 35.5. The highest BCUT2D eigenvalue weighted by molar-refractivity contribution is 7.99. The molecule has 0 aromatic heterocycles. The molecule has 0 spiro atoms. The minimum absolute atomic E-state index is 0.376. The van der Waals surface area contributed by atoms with Crippen molar-refractivity contribution < 1.29 is 0 Å². The fourth-order valence-electron chi connectivity index (χ4n) is 1.97. The number of hydrogen-bond donors (Lipinski definition) is 0. The van der Waals surface area contributed by atoms with Gasteiger partial charge >= 0.3 is 0 Å². The van der Waals surface area contributed by atoms with Crippen LogP contribution in [0, 0.1) is 5.92 Å². The summed E-state index contributed by atoms with van der Waals surface area (Å²) in [5, 5.41) is 0.376. The molecule has 1 aliphatic rings. The van der Waals surface area contributed by atoms with Crippen LogP contribution in [0.1, 0.15) is 18.1 Å². The van der Waals surface area contributed by atoms with E-state index in [2.05, 4.69) is 31.2 Å². The lowest BCUT2D eigenvalue weighted by molar-refractivity contribution is 0.603. The molecule has 15 heavy (non-hydrogen) atoms. The molecule has 0 amide bonds. The second-order valence-corrected chi connectivity index (χ2v) is 5.82. The third kappa shape index (κ3) is 2.92. The van der Waals surface area contributed by atoms with Crippen molar-refractivity contribution in [1.82, 2.24) is 0 Å². The van der Waals surface area contributed by atoms with Crippen molar-refractivity contribution in [3.63, 3.8) is 0 Å². The third-order valence-corrected chi connectivity index (χ3v) is 5.00. The van der Waals surface area contributed by atoms with Gasteiger partial charge in [0, 0.05) is 11.1 Å². The maximum absolute atomic E-state index is 6.27. The number of alkyl halides is 1. The molecule has 0 radical (unpaired) electrons. The lowest BCUT2D eigenvalue weighted by Gasteiger charge is -2.12. The highest BCUT2D eigenvalue weighted by Gasteiger charge is 2.25. The van der Waals surface area contributed by atoms with E-state index >= 15 is 0 Å². The first-order valence-corrected chi connectivity index (χ1v) is 7.18. The zero-order valence-electron chi connectivity index (χ0n) is 9.08. The number of benzene rings is 1. The van der Waals surface area contributed by atoms with Gasteiger partial charge in [0.25, 0.3) is 0 Å². The summed E-state index contributed by atoms with van der Waals surface area (Å²) in [6.45, 7) is 2.19. The van der Waals surface area contributed by atoms with Crippen LogP contribution < -0.4 is 0 Å². The molecule has 0 N–H and O–H groups in total. The minimum atomic E-state index is 0.376. The maximum atomic E-state index is 6.27. The Kier molecular flexibility index (Phi) is 3.99. The Morgan fingerprint density at radius 1 is 1.20 bits per heavy atom. The van der Waals surface area contributed by atoms with Crippen molar-refractivity contribution in [2.24, 2.45) is 5.92 Å². The van der Waals surface area contributed by atoms with Crippen molar-refractivity contribution in [2.75, 3.05) is 11.5 Å². The lowest BCUT2D eigenvalue weighted by Crippen LogP contribution is -2.14. The van der Waals surface area contributed by atoms with E-state index < -0.39 is 0 Å². The van der Waals surface area contributed by atoms with Crippen LogP contribution in [0.15, 0.2) is 24.3 Å². The normalized spacial score (nSPS) is 25.7. The molecule has 2 atom stereocenters. The van der Waals surface area contributed by atoms with Crippen molar-refractivity contribution in [3.8, 4) is 0 Å². The van der Waals surface area contributed by atoms with E-state index in [-0.39, 0.29) is 0 Å². The van der Waals surface area contributed by atoms with Crippen LogP contribution in [-0.4, -0.2) is 16.9 Å². The predicted molar refractivity (Wildman–Crippen MR) is 70.0 cm³/mol.